The zero-order valence-electron chi connectivity index (χ0n) is 9.33. The van der Waals surface area contributed by atoms with Gasteiger partial charge < -0.3 is 10.1 Å². The van der Waals surface area contributed by atoms with Crippen LogP contribution in [0.2, 0.25) is 0 Å². The molecule has 1 aromatic carbocycles. The molecule has 1 N–H and O–H groups in total. The van der Waals surface area contributed by atoms with Crippen molar-refractivity contribution in [2.75, 3.05) is 13.2 Å². The molecule has 0 aromatic heterocycles. The van der Waals surface area contributed by atoms with Crippen molar-refractivity contribution in [3.8, 4) is 0 Å². The van der Waals surface area contributed by atoms with E-state index in [0.717, 1.165) is 32.6 Å². The van der Waals surface area contributed by atoms with Gasteiger partial charge in [-0.15, -0.1) is 0 Å². The topological polar surface area (TPSA) is 21.3 Å². The molecule has 82 valence electrons. The van der Waals surface area contributed by atoms with Crippen LogP contribution < -0.4 is 5.32 Å². The van der Waals surface area contributed by atoms with Gasteiger partial charge in [0.2, 0.25) is 0 Å². The Labute approximate surface area is 91.6 Å². The monoisotopic (exact) mass is 205 g/mol. The van der Waals surface area contributed by atoms with E-state index >= 15 is 0 Å². The minimum atomic E-state index is 0.638. The quantitative estimate of drug-likeness (QED) is 0.817. The van der Waals surface area contributed by atoms with Crippen LogP contribution in [0.1, 0.15) is 24.0 Å². The summed E-state index contributed by atoms with van der Waals surface area (Å²) in [5.74, 6) is 0. The van der Waals surface area contributed by atoms with Crippen molar-refractivity contribution in [3.63, 3.8) is 0 Å². The van der Waals surface area contributed by atoms with Gasteiger partial charge in [0.1, 0.15) is 0 Å². The largest absolute Gasteiger partial charge is 0.381 e. The Bertz CT molecular complexity index is 305. The Hall–Kier alpha value is -0.860. The van der Waals surface area contributed by atoms with Gasteiger partial charge in [-0.2, -0.15) is 0 Å². The van der Waals surface area contributed by atoms with E-state index in [2.05, 4.69) is 36.5 Å². The summed E-state index contributed by atoms with van der Waals surface area (Å²) >= 11 is 0. The molecule has 1 fully saturated rings. The van der Waals surface area contributed by atoms with Crippen molar-refractivity contribution in [1.82, 2.24) is 5.32 Å². The SMILES string of the molecule is Cc1cccc(CNC2CCOCC2)c1. The standard InChI is InChI=1S/C13H19NO/c1-11-3-2-4-12(9-11)10-14-13-5-7-15-8-6-13/h2-4,9,13-14H,5-8,10H2,1H3. The molecule has 0 amide bonds. The summed E-state index contributed by atoms with van der Waals surface area (Å²) in [5, 5.41) is 3.59. The fourth-order valence-electron chi connectivity index (χ4n) is 1.99. The van der Waals surface area contributed by atoms with Gasteiger partial charge in [-0.3, -0.25) is 0 Å². The number of aryl methyl sites for hydroxylation is 1. The van der Waals surface area contributed by atoms with Crippen molar-refractivity contribution in [3.05, 3.63) is 35.4 Å². The number of hydrogen-bond acceptors (Lipinski definition) is 2. The van der Waals surface area contributed by atoms with Crippen LogP contribution in [0.4, 0.5) is 0 Å². The molecule has 1 aliphatic heterocycles. The number of nitrogens with one attached hydrogen (secondary N) is 1. The number of ether oxygens (including phenoxy) is 1. The Balaban J connectivity index is 1.81. The Morgan fingerprint density at radius 3 is 2.87 bits per heavy atom. The van der Waals surface area contributed by atoms with Crippen LogP contribution in [-0.2, 0) is 11.3 Å². The molecule has 0 spiro atoms. The fourth-order valence-corrected chi connectivity index (χ4v) is 1.99. The Morgan fingerprint density at radius 2 is 2.13 bits per heavy atom. The van der Waals surface area contributed by atoms with Crippen molar-refractivity contribution in [1.29, 1.82) is 0 Å². The molecule has 2 heteroatoms. The van der Waals surface area contributed by atoms with Crippen LogP contribution in [0.5, 0.6) is 0 Å². The summed E-state index contributed by atoms with van der Waals surface area (Å²) in [5.41, 5.74) is 2.71. The van der Waals surface area contributed by atoms with Crippen molar-refractivity contribution >= 4 is 0 Å². The minimum Gasteiger partial charge on any atom is -0.381 e. The van der Waals surface area contributed by atoms with E-state index in [-0.39, 0.29) is 0 Å². The highest BCUT2D eigenvalue weighted by Gasteiger charge is 2.12. The van der Waals surface area contributed by atoms with Gasteiger partial charge in [0.15, 0.2) is 0 Å². The first-order valence-electron chi connectivity index (χ1n) is 5.71. The van der Waals surface area contributed by atoms with Crippen molar-refractivity contribution in [2.45, 2.75) is 32.4 Å². The van der Waals surface area contributed by atoms with Crippen LogP contribution in [0, 0.1) is 6.92 Å². The molecule has 2 rings (SSSR count). The first kappa shape index (κ1) is 10.7. The zero-order valence-corrected chi connectivity index (χ0v) is 9.33. The lowest BCUT2D eigenvalue weighted by Gasteiger charge is -2.23. The van der Waals surface area contributed by atoms with Gasteiger partial charge in [0.25, 0.3) is 0 Å². The molecule has 0 aliphatic carbocycles. The van der Waals surface area contributed by atoms with E-state index in [0.29, 0.717) is 6.04 Å². The van der Waals surface area contributed by atoms with Gasteiger partial charge in [-0.25, -0.2) is 0 Å². The number of hydrogen-bond donors (Lipinski definition) is 1. The first-order valence-corrected chi connectivity index (χ1v) is 5.71. The van der Waals surface area contributed by atoms with Crippen LogP contribution in [-0.4, -0.2) is 19.3 Å². The van der Waals surface area contributed by atoms with E-state index in [1.807, 2.05) is 0 Å². The second-order valence-corrected chi connectivity index (χ2v) is 4.26. The summed E-state index contributed by atoms with van der Waals surface area (Å²) in [4.78, 5) is 0. The van der Waals surface area contributed by atoms with Crippen molar-refractivity contribution < 1.29 is 4.74 Å². The van der Waals surface area contributed by atoms with Gasteiger partial charge in [-0.1, -0.05) is 29.8 Å². The smallest absolute Gasteiger partial charge is 0.0480 e. The summed E-state index contributed by atoms with van der Waals surface area (Å²) < 4.78 is 5.33. The first-order chi connectivity index (χ1) is 7.34. The van der Waals surface area contributed by atoms with Gasteiger partial charge in [-0.05, 0) is 25.3 Å². The molecule has 0 saturated carbocycles. The average molecular weight is 205 g/mol. The molecule has 2 nitrogen and oxygen atoms in total. The summed E-state index contributed by atoms with van der Waals surface area (Å²) in [6, 6.07) is 9.32. The van der Waals surface area contributed by atoms with Crippen molar-refractivity contribution in [2.24, 2.45) is 0 Å². The molecule has 0 radical (unpaired) electrons. The van der Waals surface area contributed by atoms with Crippen LogP contribution in [0.15, 0.2) is 24.3 Å². The molecule has 15 heavy (non-hydrogen) atoms. The predicted octanol–water partition coefficient (Wildman–Crippen LogP) is 2.26. The molecule has 1 heterocycles. The van der Waals surface area contributed by atoms with E-state index in [1.54, 1.807) is 0 Å². The molecule has 0 bridgehead atoms. The maximum Gasteiger partial charge on any atom is 0.0480 e. The van der Waals surface area contributed by atoms with E-state index < -0.39 is 0 Å². The highest BCUT2D eigenvalue weighted by atomic mass is 16.5. The van der Waals surface area contributed by atoms with Crippen LogP contribution >= 0.6 is 0 Å². The lowest BCUT2D eigenvalue weighted by Crippen LogP contribution is -2.34. The Morgan fingerprint density at radius 1 is 1.33 bits per heavy atom. The third kappa shape index (κ3) is 3.33. The normalized spacial score (nSPS) is 17.9. The minimum absolute atomic E-state index is 0.638. The summed E-state index contributed by atoms with van der Waals surface area (Å²) in [6.07, 6.45) is 2.29. The molecule has 1 saturated heterocycles. The maximum atomic E-state index is 5.33. The molecule has 1 aliphatic rings. The van der Waals surface area contributed by atoms with Gasteiger partial charge in [0, 0.05) is 25.8 Å². The maximum absolute atomic E-state index is 5.33. The second kappa shape index (κ2) is 5.29. The molecule has 1 aromatic rings. The van der Waals surface area contributed by atoms with Crippen LogP contribution in [0.25, 0.3) is 0 Å². The third-order valence-electron chi connectivity index (χ3n) is 2.90. The summed E-state index contributed by atoms with van der Waals surface area (Å²) in [7, 11) is 0. The number of benzene rings is 1. The molecular weight excluding hydrogens is 186 g/mol. The highest BCUT2D eigenvalue weighted by molar-refractivity contribution is 5.22. The third-order valence-corrected chi connectivity index (χ3v) is 2.90. The fraction of sp³-hybridized carbons (Fsp3) is 0.538. The molecular formula is C13H19NO. The predicted molar refractivity (Wildman–Crippen MR) is 61.9 cm³/mol. The average Bonchev–Trinajstić information content (AvgIpc) is 2.28. The number of rotatable bonds is 3. The molecule has 0 unspecified atom stereocenters. The van der Waals surface area contributed by atoms with Crippen LogP contribution in [0.3, 0.4) is 0 Å². The zero-order chi connectivity index (χ0) is 10.5. The van der Waals surface area contributed by atoms with E-state index in [1.165, 1.54) is 11.1 Å². The summed E-state index contributed by atoms with van der Waals surface area (Å²) in [6.45, 7) is 4.93. The lowest BCUT2D eigenvalue weighted by molar-refractivity contribution is 0.0776. The molecule has 0 atom stereocenters. The van der Waals surface area contributed by atoms with Gasteiger partial charge in [0.05, 0.1) is 0 Å². The van der Waals surface area contributed by atoms with Gasteiger partial charge >= 0.3 is 0 Å². The second-order valence-electron chi connectivity index (χ2n) is 4.26. The highest BCUT2D eigenvalue weighted by Crippen LogP contribution is 2.08. The Kier molecular flexibility index (Phi) is 3.75. The van der Waals surface area contributed by atoms with E-state index in [4.69, 9.17) is 4.74 Å². The van der Waals surface area contributed by atoms with E-state index in [9.17, 15) is 0 Å². The lowest BCUT2D eigenvalue weighted by atomic mass is 10.1.